The van der Waals surface area contributed by atoms with Crippen LogP contribution in [0.1, 0.15) is 21.5 Å². The van der Waals surface area contributed by atoms with Gasteiger partial charge in [0, 0.05) is 11.6 Å². The van der Waals surface area contributed by atoms with Crippen molar-refractivity contribution in [2.45, 2.75) is 13.0 Å². The molecule has 0 spiro atoms. The zero-order valence-electron chi connectivity index (χ0n) is 8.47. The van der Waals surface area contributed by atoms with Crippen molar-refractivity contribution < 1.29 is 9.53 Å². The molecule has 0 aromatic heterocycles. The molecule has 3 nitrogen and oxygen atoms in total. The third-order valence-corrected chi connectivity index (χ3v) is 2.99. The number of methoxy groups -OCH3 is 1. The molecular weight excluding hydrogens is 214 g/mol. The average Bonchev–Trinajstić information content (AvgIpc) is 2.29. The van der Waals surface area contributed by atoms with Gasteiger partial charge < -0.3 is 10.1 Å². The average molecular weight is 226 g/mol. The van der Waals surface area contributed by atoms with Gasteiger partial charge in [-0.2, -0.15) is 0 Å². The first-order chi connectivity index (χ1) is 7.24. The van der Waals surface area contributed by atoms with Gasteiger partial charge in [-0.25, -0.2) is 4.79 Å². The highest BCUT2D eigenvalue weighted by atomic mass is 35.5. The quantitative estimate of drug-likeness (QED) is 0.741. The van der Waals surface area contributed by atoms with E-state index in [1.807, 2.05) is 0 Å². The zero-order chi connectivity index (χ0) is 10.8. The van der Waals surface area contributed by atoms with Crippen LogP contribution in [0.3, 0.4) is 0 Å². The summed E-state index contributed by atoms with van der Waals surface area (Å²) in [5, 5.41) is 3.96. The molecule has 0 saturated heterocycles. The van der Waals surface area contributed by atoms with Gasteiger partial charge in [-0.15, -0.1) is 0 Å². The van der Waals surface area contributed by atoms with Crippen molar-refractivity contribution in [1.82, 2.24) is 5.32 Å². The third-order valence-electron chi connectivity index (χ3n) is 2.63. The van der Waals surface area contributed by atoms with E-state index in [0.717, 1.165) is 29.1 Å². The Kier molecular flexibility index (Phi) is 2.93. The minimum Gasteiger partial charge on any atom is -0.465 e. The monoisotopic (exact) mass is 225 g/mol. The van der Waals surface area contributed by atoms with Crippen molar-refractivity contribution in [2.75, 3.05) is 13.7 Å². The van der Waals surface area contributed by atoms with E-state index in [9.17, 15) is 4.79 Å². The second kappa shape index (κ2) is 4.21. The summed E-state index contributed by atoms with van der Waals surface area (Å²) >= 11 is 6.08. The van der Waals surface area contributed by atoms with E-state index in [1.54, 1.807) is 12.1 Å². The molecule has 2 rings (SSSR count). The minimum absolute atomic E-state index is 0.299. The molecule has 1 aliphatic rings. The standard InChI is InChI=1S/C11H12ClNO2/c1-15-11(14)8-2-3-10(12)7-4-5-13-6-9(7)8/h2-3,13H,4-6H2,1H3. The first kappa shape index (κ1) is 10.5. The summed E-state index contributed by atoms with van der Waals surface area (Å²) in [6.45, 7) is 1.58. The lowest BCUT2D eigenvalue weighted by Crippen LogP contribution is -2.26. The van der Waals surface area contributed by atoms with Crippen LogP contribution in [0.5, 0.6) is 0 Å². The Hall–Kier alpha value is -1.06. The summed E-state index contributed by atoms with van der Waals surface area (Å²) in [6.07, 6.45) is 0.860. The van der Waals surface area contributed by atoms with Crippen LogP contribution in [0.25, 0.3) is 0 Å². The fourth-order valence-electron chi connectivity index (χ4n) is 1.86. The maximum atomic E-state index is 11.5. The van der Waals surface area contributed by atoms with Gasteiger partial charge in [0.1, 0.15) is 0 Å². The summed E-state index contributed by atoms with van der Waals surface area (Å²) in [5.41, 5.74) is 2.66. The summed E-state index contributed by atoms with van der Waals surface area (Å²) in [5.74, 6) is -0.299. The molecule has 80 valence electrons. The number of carbonyl (C=O) groups is 1. The summed E-state index contributed by atoms with van der Waals surface area (Å²) in [6, 6.07) is 3.48. The Morgan fingerprint density at radius 2 is 2.27 bits per heavy atom. The topological polar surface area (TPSA) is 38.3 Å². The van der Waals surface area contributed by atoms with Crippen molar-refractivity contribution in [3.8, 4) is 0 Å². The SMILES string of the molecule is COC(=O)c1ccc(Cl)c2c1CNCC2. The zero-order valence-corrected chi connectivity index (χ0v) is 9.23. The van der Waals surface area contributed by atoms with E-state index in [4.69, 9.17) is 16.3 Å². The first-order valence-electron chi connectivity index (χ1n) is 4.83. The van der Waals surface area contributed by atoms with Gasteiger partial charge in [0.25, 0.3) is 0 Å². The van der Waals surface area contributed by atoms with E-state index >= 15 is 0 Å². The first-order valence-corrected chi connectivity index (χ1v) is 5.21. The molecular formula is C11H12ClNO2. The molecule has 1 aliphatic heterocycles. The van der Waals surface area contributed by atoms with E-state index in [2.05, 4.69) is 5.32 Å². The van der Waals surface area contributed by atoms with Crippen molar-refractivity contribution in [3.63, 3.8) is 0 Å². The molecule has 0 fully saturated rings. The number of fused-ring (bicyclic) bond motifs is 1. The van der Waals surface area contributed by atoms with E-state index < -0.39 is 0 Å². The molecule has 1 aromatic carbocycles. The number of hydrogen-bond acceptors (Lipinski definition) is 3. The number of benzene rings is 1. The number of carbonyl (C=O) groups excluding carboxylic acids is 1. The molecule has 0 amide bonds. The van der Waals surface area contributed by atoms with Gasteiger partial charge in [-0.05, 0) is 36.2 Å². The molecule has 0 unspecified atom stereocenters. The number of ether oxygens (including phenoxy) is 1. The highest BCUT2D eigenvalue weighted by molar-refractivity contribution is 6.31. The van der Waals surface area contributed by atoms with Crippen LogP contribution < -0.4 is 5.32 Å². The summed E-state index contributed by atoms with van der Waals surface area (Å²) in [4.78, 5) is 11.5. The number of nitrogens with one attached hydrogen (secondary N) is 1. The molecule has 0 radical (unpaired) electrons. The van der Waals surface area contributed by atoms with Gasteiger partial charge in [-0.3, -0.25) is 0 Å². The Morgan fingerprint density at radius 1 is 1.47 bits per heavy atom. The highest BCUT2D eigenvalue weighted by Gasteiger charge is 2.19. The predicted octanol–water partition coefficient (Wildman–Crippen LogP) is 1.77. The highest BCUT2D eigenvalue weighted by Crippen LogP contribution is 2.26. The van der Waals surface area contributed by atoms with Gasteiger partial charge in [0.2, 0.25) is 0 Å². The molecule has 4 heteroatoms. The largest absolute Gasteiger partial charge is 0.465 e. The van der Waals surface area contributed by atoms with Crippen LogP contribution >= 0.6 is 11.6 Å². The smallest absolute Gasteiger partial charge is 0.338 e. The molecule has 15 heavy (non-hydrogen) atoms. The number of rotatable bonds is 1. The Balaban J connectivity index is 2.52. The molecule has 1 N–H and O–H groups in total. The molecule has 0 saturated carbocycles. The summed E-state index contributed by atoms with van der Waals surface area (Å²) < 4.78 is 4.73. The summed E-state index contributed by atoms with van der Waals surface area (Å²) in [7, 11) is 1.39. The lowest BCUT2D eigenvalue weighted by molar-refractivity contribution is 0.0599. The fraction of sp³-hybridized carbons (Fsp3) is 0.364. The molecule has 1 heterocycles. The van der Waals surface area contributed by atoms with Gasteiger partial charge in [0.05, 0.1) is 12.7 Å². The molecule has 1 aromatic rings. The van der Waals surface area contributed by atoms with Gasteiger partial charge in [-0.1, -0.05) is 11.6 Å². The van der Waals surface area contributed by atoms with Crippen molar-refractivity contribution in [3.05, 3.63) is 33.8 Å². The van der Waals surface area contributed by atoms with Crippen LogP contribution in [-0.2, 0) is 17.7 Å². The second-order valence-corrected chi connectivity index (χ2v) is 3.88. The Labute approximate surface area is 93.4 Å². The van der Waals surface area contributed by atoms with E-state index in [1.165, 1.54) is 7.11 Å². The number of hydrogen-bond donors (Lipinski definition) is 1. The maximum absolute atomic E-state index is 11.5. The predicted molar refractivity (Wildman–Crippen MR) is 58.2 cm³/mol. The molecule has 0 bridgehead atoms. The minimum atomic E-state index is -0.299. The van der Waals surface area contributed by atoms with Gasteiger partial charge >= 0.3 is 5.97 Å². The second-order valence-electron chi connectivity index (χ2n) is 3.47. The third kappa shape index (κ3) is 1.85. The maximum Gasteiger partial charge on any atom is 0.338 e. The fourth-order valence-corrected chi connectivity index (χ4v) is 2.14. The molecule has 0 atom stereocenters. The molecule has 0 aliphatic carbocycles. The van der Waals surface area contributed by atoms with Crippen LogP contribution in [0, 0.1) is 0 Å². The normalized spacial score (nSPS) is 14.5. The lowest BCUT2D eigenvalue weighted by Gasteiger charge is -2.20. The van der Waals surface area contributed by atoms with Crippen LogP contribution in [0.15, 0.2) is 12.1 Å². The van der Waals surface area contributed by atoms with Crippen molar-refractivity contribution >= 4 is 17.6 Å². The Bertz CT molecular complexity index is 404. The van der Waals surface area contributed by atoms with Crippen LogP contribution in [0.2, 0.25) is 5.02 Å². The van der Waals surface area contributed by atoms with E-state index in [-0.39, 0.29) is 5.97 Å². The van der Waals surface area contributed by atoms with Crippen molar-refractivity contribution in [2.24, 2.45) is 0 Å². The Morgan fingerprint density at radius 3 is 3.00 bits per heavy atom. The van der Waals surface area contributed by atoms with Gasteiger partial charge in [0.15, 0.2) is 0 Å². The number of halogens is 1. The van der Waals surface area contributed by atoms with Crippen LogP contribution in [-0.4, -0.2) is 19.6 Å². The number of esters is 1. The van der Waals surface area contributed by atoms with Crippen LogP contribution in [0.4, 0.5) is 0 Å². The van der Waals surface area contributed by atoms with E-state index in [0.29, 0.717) is 12.1 Å². The lowest BCUT2D eigenvalue weighted by atomic mass is 9.96. The van der Waals surface area contributed by atoms with Crippen molar-refractivity contribution in [1.29, 1.82) is 0 Å².